The van der Waals surface area contributed by atoms with E-state index in [1.165, 1.54) is 0 Å². The van der Waals surface area contributed by atoms with Gasteiger partial charge in [0.15, 0.2) is 11.5 Å². The summed E-state index contributed by atoms with van der Waals surface area (Å²) in [7, 11) is 1.62. The normalized spacial score (nSPS) is 11.5. The van der Waals surface area contributed by atoms with E-state index in [1.54, 1.807) is 21.0 Å². The fourth-order valence-electron chi connectivity index (χ4n) is 1.70. The molecule has 19 heavy (non-hydrogen) atoms. The largest absolute Gasteiger partial charge is 0.492 e. The second-order valence-electron chi connectivity index (χ2n) is 4.96. The Hall–Kier alpha value is -0.780. The van der Waals surface area contributed by atoms with E-state index in [4.69, 9.17) is 9.47 Å². The summed E-state index contributed by atoms with van der Waals surface area (Å²) in [5.74, 6) is 1.42. The molecular weight excluding hydrogens is 310 g/mol. The van der Waals surface area contributed by atoms with Crippen LogP contribution in [0.15, 0.2) is 16.6 Å². The van der Waals surface area contributed by atoms with Crippen LogP contribution in [0.4, 0.5) is 0 Å². The van der Waals surface area contributed by atoms with Gasteiger partial charge in [0.2, 0.25) is 0 Å². The highest BCUT2D eigenvalue weighted by atomic mass is 79.9. The molecule has 1 aromatic carbocycles. The molecule has 2 N–H and O–H groups in total. The molecule has 108 valence electrons. The molecule has 0 fully saturated rings. The maximum Gasteiger partial charge on any atom is 0.174 e. The Kier molecular flexibility index (Phi) is 6.10. The van der Waals surface area contributed by atoms with E-state index >= 15 is 0 Å². The van der Waals surface area contributed by atoms with Gasteiger partial charge >= 0.3 is 0 Å². The number of hydrogen-bond donors (Lipinski definition) is 2. The van der Waals surface area contributed by atoms with Crippen molar-refractivity contribution in [2.75, 3.05) is 20.3 Å². The topological polar surface area (TPSA) is 50.7 Å². The van der Waals surface area contributed by atoms with E-state index < -0.39 is 5.60 Å². The minimum absolute atomic E-state index is 0.528. The molecule has 0 bridgehead atoms. The van der Waals surface area contributed by atoms with Gasteiger partial charge in [-0.3, -0.25) is 0 Å². The highest BCUT2D eigenvalue weighted by Crippen LogP contribution is 2.36. The molecule has 0 spiro atoms. The van der Waals surface area contributed by atoms with Crippen LogP contribution >= 0.6 is 15.9 Å². The molecule has 0 heterocycles. The summed E-state index contributed by atoms with van der Waals surface area (Å²) in [6.07, 6.45) is 0. The maximum absolute atomic E-state index is 9.65. The number of aliphatic hydroxyl groups is 1. The quantitative estimate of drug-likeness (QED) is 0.806. The molecule has 1 aromatic rings. The summed E-state index contributed by atoms with van der Waals surface area (Å²) >= 11 is 3.48. The minimum atomic E-state index is -0.716. The summed E-state index contributed by atoms with van der Waals surface area (Å²) in [5, 5.41) is 12.9. The molecule has 0 aromatic heterocycles. The number of nitrogens with one attached hydrogen (secondary N) is 1. The van der Waals surface area contributed by atoms with Gasteiger partial charge in [-0.05, 0) is 54.4 Å². The van der Waals surface area contributed by atoms with Gasteiger partial charge in [0.1, 0.15) is 0 Å². The van der Waals surface area contributed by atoms with E-state index in [0.29, 0.717) is 25.4 Å². The standard InChI is InChI=1S/C14H22BrNO3/c1-5-19-12-7-10(6-11(15)13(12)18-4)8-16-9-14(2,3)17/h6-7,16-17H,5,8-9H2,1-4H3. The van der Waals surface area contributed by atoms with Gasteiger partial charge in [0, 0.05) is 13.1 Å². The molecule has 5 heteroatoms. The van der Waals surface area contributed by atoms with Crippen LogP contribution in [0.1, 0.15) is 26.3 Å². The Morgan fingerprint density at radius 3 is 2.58 bits per heavy atom. The van der Waals surface area contributed by atoms with Crippen molar-refractivity contribution in [1.82, 2.24) is 5.32 Å². The zero-order valence-electron chi connectivity index (χ0n) is 11.9. The summed E-state index contributed by atoms with van der Waals surface area (Å²) in [6, 6.07) is 3.93. The zero-order valence-corrected chi connectivity index (χ0v) is 13.5. The first-order valence-electron chi connectivity index (χ1n) is 6.29. The van der Waals surface area contributed by atoms with E-state index in [-0.39, 0.29) is 0 Å². The number of methoxy groups -OCH3 is 1. The van der Waals surface area contributed by atoms with Crippen molar-refractivity contribution in [2.24, 2.45) is 0 Å². The van der Waals surface area contributed by atoms with Gasteiger partial charge in [0.25, 0.3) is 0 Å². The first-order chi connectivity index (χ1) is 8.87. The Balaban J connectivity index is 2.79. The summed E-state index contributed by atoms with van der Waals surface area (Å²) in [6.45, 7) is 7.26. The van der Waals surface area contributed by atoms with Crippen LogP contribution in [0, 0.1) is 0 Å². The summed E-state index contributed by atoms with van der Waals surface area (Å²) in [4.78, 5) is 0. The second-order valence-corrected chi connectivity index (χ2v) is 5.81. The number of benzene rings is 1. The van der Waals surface area contributed by atoms with Gasteiger partial charge < -0.3 is 19.9 Å². The van der Waals surface area contributed by atoms with E-state index in [2.05, 4.69) is 21.2 Å². The molecule has 0 aliphatic carbocycles. The predicted molar refractivity (Wildman–Crippen MR) is 79.9 cm³/mol. The van der Waals surface area contributed by atoms with Gasteiger partial charge in [-0.25, -0.2) is 0 Å². The molecule has 0 aliphatic rings. The van der Waals surface area contributed by atoms with Gasteiger partial charge in [-0.15, -0.1) is 0 Å². The number of rotatable bonds is 7. The monoisotopic (exact) mass is 331 g/mol. The van der Waals surface area contributed by atoms with E-state index in [1.807, 2.05) is 19.1 Å². The molecular formula is C14H22BrNO3. The van der Waals surface area contributed by atoms with Crippen LogP contribution in [0.3, 0.4) is 0 Å². The zero-order chi connectivity index (χ0) is 14.5. The third kappa shape index (κ3) is 5.38. The average Bonchev–Trinajstić information content (AvgIpc) is 2.27. The van der Waals surface area contributed by atoms with Crippen LogP contribution in [0.25, 0.3) is 0 Å². The highest BCUT2D eigenvalue weighted by molar-refractivity contribution is 9.10. The highest BCUT2D eigenvalue weighted by Gasteiger charge is 2.13. The molecule has 0 saturated heterocycles. The fourth-order valence-corrected chi connectivity index (χ4v) is 2.35. The van der Waals surface area contributed by atoms with Crippen molar-refractivity contribution < 1.29 is 14.6 Å². The van der Waals surface area contributed by atoms with Gasteiger partial charge in [0.05, 0.1) is 23.8 Å². The van der Waals surface area contributed by atoms with Gasteiger partial charge in [-0.1, -0.05) is 0 Å². The first-order valence-corrected chi connectivity index (χ1v) is 7.09. The summed E-state index contributed by atoms with van der Waals surface area (Å²) < 4.78 is 11.7. The molecule has 0 atom stereocenters. The smallest absolute Gasteiger partial charge is 0.174 e. The third-order valence-electron chi connectivity index (χ3n) is 2.46. The number of halogens is 1. The lowest BCUT2D eigenvalue weighted by atomic mass is 10.1. The lowest BCUT2D eigenvalue weighted by molar-refractivity contribution is 0.0795. The molecule has 0 radical (unpaired) electrons. The molecule has 0 aliphatic heterocycles. The Morgan fingerprint density at radius 1 is 1.37 bits per heavy atom. The van der Waals surface area contributed by atoms with E-state index in [9.17, 15) is 5.11 Å². The van der Waals surface area contributed by atoms with Crippen molar-refractivity contribution in [2.45, 2.75) is 32.9 Å². The molecule has 4 nitrogen and oxygen atoms in total. The Morgan fingerprint density at radius 2 is 2.05 bits per heavy atom. The van der Waals surface area contributed by atoms with Crippen LogP contribution in [-0.2, 0) is 6.54 Å². The van der Waals surface area contributed by atoms with Crippen molar-refractivity contribution in [3.05, 3.63) is 22.2 Å². The van der Waals surface area contributed by atoms with Crippen LogP contribution in [0.2, 0.25) is 0 Å². The summed E-state index contributed by atoms with van der Waals surface area (Å²) in [5.41, 5.74) is 0.354. The minimum Gasteiger partial charge on any atom is -0.492 e. The van der Waals surface area contributed by atoms with Crippen LogP contribution in [-0.4, -0.2) is 31.0 Å². The van der Waals surface area contributed by atoms with Crippen molar-refractivity contribution in [3.63, 3.8) is 0 Å². The van der Waals surface area contributed by atoms with Crippen molar-refractivity contribution in [1.29, 1.82) is 0 Å². The molecule has 0 amide bonds. The molecule has 1 rings (SSSR count). The second kappa shape index (κ2) is 7.12. The Labute approximate surface area is 123 Å². The Bertz CT molecular complexity index is 416. The average molecular weight is 332 g/mol. The van der Waals surface area contributed by atoms with Gasteiger partial charge in [-0.2, -0.15) is 0 Å². The molecule has 0 saturated carbocycles. The third-order valence-corrected chi connectivity index (χ3v) is 3.05. The van der Waals surface area contributed by atoms with Crippen LogP contribution in [0.5, 0.6) is 11.5 Å². The predicted octanol–water partition coefficient (Wildman–Crippen LogP) is 2.72. The SMILES string of the molecule is CCOc1cc(CNCC(C)(C)O)cc(Br)c1OC. The van der Waals surface area contributed by atoms with Crippen molar-refractivity contribution in [3.8, 4) is 11.5 Å². The molecule has 0 unspecified atom stereocenters. The fraction of sp³-hybridized carbons (Fsp3) is 0.571. The number of hydrogen-bond acceptors (Lipinski definition) is 4. The van der Waals surface area contributed by atoms with E-state index in [0.717, 1.165) is 15.8 Å². The lowest BCUT2D eigenvalue weighted by Crippen LogP contribution is -2.34. The maximum atomic E-state index is 9.65. The van der Waals surface area contributed by atoms with Crippen molar-refractivity contribution >= 4 is 15.9 Å². The van der Waals surface area contributed by atoms with Crippen LogP contribution < -0.4 is 14.8 Å². The first kappa shape index (κ1) is 16.3. The number of ether oxygens (including phenoxy) is 2. The lowest BCUT2D eigenvalue weighted by Gasteiger charge is -2.18.